The number of carbonyl (C=O) groups is 1. The topological polar surface area (TPSA) is 87.5 Å². The van der Waals surface area contributed by atoms with E-state index in [4.69, 9.17) is 14.2 Å². The average Bonchev–Trinajstić information content (AvgIpc) is 3.30. The lowest BCUT2D eigenvalue weighted by Gasteiger charge is -2.10. The van der Waals surface area contributed by atoms with E-state index >= 15 is 0 Å². The van der Waals surface area contributed by atoms with E-state index in [0.717, 1.165) is 19.4 Å². The molecule has 2 aromatic rings. The number of nitrogens with one attached hydrogen (secondary N) is 1. The molecule has 134 valence electrons. The first kappa shape index (κ1) is 17.2. The molecule has 1 amide bonds. The molecule has 1 N–H and O–H groups in total. The number of carbonyl (C=O) groups excluding carboxylic acids is 1. The van der Waals surface area contributed by atoms with Crippen LogP contribution in [0.4, 0.5) is 0 Å². The maximum atomic E-state index is 11.9. The second-order valence-electron chi connectivity index (χ2n) is 5.79. The van der Waals surface area contributed by atoms with Crippen molar-refractivity contribution in [1.29, 1.82) is 0 Å². The Balaban J connectivity index is 1.46. The maximum Gasteiger partial charge on any atom is 0.241 e. The lowest BCUT2D eigenvalue weighted by molar-refractivity contribution is -0.122. The van der Waals surface area contributed by atoms with Crippen molar-refractivity contribution in [1.82, 2.24) is 20.3 Å². The van der Waals surface area contributed by atoms with Crippen molar-refractivity contribution in [2.24, 2.45) is 0 Å². The molecule has 1 atom stereocenters. The Kier molecular flexibility index (Phi) is 5.84. The van der Waals surface area contributed by atoms with E-state index in [9.17, 15) is 4.79 Å². The van der Waals surface area contributed by atoms with Crippen LogP contribution in [0, 0.1) is 0 Å². The summed E-state index contributed by atoms with van der Waals surface area (Å²) in [5, 5.41) is 10.8. The zero-order chi connectivity index (χ0) is 17.5. The van der Waals surface area contributed by atoms with Gasteiger partial charge < -0.3 is 19.5 Å². The third kappa shape index (κ3) is 4.93. The first-order valence-corrected chi connectivity index (χ1v) is 8.27. The molecule has 1 fully saturated rings. The molecule has 2 heterocycles. The normalized spacial score (nSPS) is 16.6. The number of para-hydroxylation sites is 2. The largest absolute Gasteiger partial charge is 0.493 e. The summed E-state index contributed by atoms with van der Waals surface area (Å²) in [6.07, 6.45) is 3.87. The minimum atomic E-state index is -0.113. The monoisotopic (exact) mass is 346 g/mol. The molecule has 1 aromatic carbocycles. The zero-order valence-corrected chi connectivity index (χ0v) is 14.2. The molecule has 0 radical (unpaired) electrons. The molecule has 0 saturated carbocycles. The summed E-state index contributed by atoms with van der Waals surface area (Å²) >= 11 is 0. The van der Waals surface area contributed by atoms with Gasteiger partial charge in [-0.05, 0) is 25.0 Å². The van der Waals surface area contributed by atoms with Crippen LogP contribution in [-0.4, -0.2) is 47.3 Å². The smallest absolute Gasteiger partial charge is 0.241 e. The van der Waals surface area contributed by atoms with Crippen molar-refractivity contribution < 1.29 is 19.0 Å². The average molecular weight is 346 g/mol. The second kappa shape index (κ2) is 8.48. The molecule has 1 aliphatic heterocycles. The van der Waals surface area contributed by atoms with Gasteiger partial charge >= 0.3 is 0 Å². The highest BCUT2D eigenvalue weighted by molar-refractivity contribution is 5.75. The summed E-state index contributed by atoms with van der Waals surface area (Å²) in [7, 11) is 1.59. The summed E-state index contributed by atoms with van der Waals surface area (Å²) in [5.74, 6) is 1.18. The van der Waals surface area contributed by atoms with Gasteiger partial charge in [-0.25, -0.2) is 4.68 Å². The highest BCUT2D eigenvalue weighted by Gasteiger charge is 2.16. The Morgan fingerprint density at radius 3 is 3.00 bits per heavy atom. The number of methoxy groups -OCH3 is 1. The first-order chi connectivity index (χ1) is 12.2. The van der Waals surface area contributed by atoms with E-state index < -0.39 is 0 Å². The number of aromatic nitrogens is 3. The van der Waals surface area contributed by atoms with Crippen LogP contribution in [-0.2, 0) is 22.7 Å². The van der Waals surface area contributed by atoms with Gasteiger partial charge in [0.15, 0.2) is 11.5 Å². The van der Waals surface area contributed by atoms with Crippen LogP contribution in [0.25, 0.3) is 0 Å². The SMILES string of the molecule is COc1ccccc1OCc1cn(CC(=O)NC[C@H]2CCCO2)nn1. The molecule has 1 saturated heterocycles. The summed E-state index contributed by atoms with van der Waals surface area (Å²) in [4.78, 5) is 11.9. The van der Waals surface area contributed by atoms with Crippen LogP contribution in [0.3, 0.4) is 0 Å². The lowest BCUT2D eigenvalue weighted by atomic mass is 10.2. The van der Waals surface area contributed by atoms with Crippen molar-refractivity contribution in [3.8, 4) is 11.5 Å². The number of benzene rings is 1. The molecule has 0 unspecified atom stereocenters. The van der Waals surface area contributed by atoms with Crippen molar-refractivity contribution in [2.75, 3.05) is 20.3 Å². The van der Waals surface area contributed by atoms with E-state index in [1.165, 1.54) is 4.68 Å². The molecule has 25 heavy (non-hydrogen) atoms. The molecular formula is C17H22N4O4. The van der Waals surface area contributed by atoms with E-state index in [1.54, 1.807) is 13.3 Å². The quantitative estimate of drug-likeness (QED) is 0.772. The molecule has 3 rings (SSSR count). The van der Waals surface area contributed by atoms with Gasteiger partial charge in [0.1, 0.15) is 18.8 Å². The van der Waals surface area contributed by atoms with Gasteiger partial charge in [-0.2, -0.15) is 0 Å². The Labute approximate surface area is 146 Å². The number of hydrogen-bond acceptors (Lipinski definition) is 6. The molecule has 0 bridgehead atoms. The zero-order valence-electron chi connectivity index (χ0n) is 14.2. The minimum absolute atomic E-state index is 0.113. The van der Waals surface area contributed by atoms with Gasteiger partial charge in [0.2, 0.25) is 5.91 Å². The Bertz CT molecular complexity index is 697. The number of nitrogens with zero attached hydrogens (tertiary/aromatic N) is 3. The van der Waals surface area contributed by atoms with Gasteiger partial charge in [0, 0.05) is 13.2 Å². The molecule has 0 spiro atoms. The van der Waals surface area contributed by atoms with Crippen molar-refractivity contribution in [2.45, 2.75) is 32.1 Å². The third-order valence-corrected chi connectivity index (χ3v) is 3.89. The van der Waals surface area contributed by atoms with E-state index in [2.05, 4.69) is 15.6 Å². The van der Waals surface area contributed by atoms with Crippen LogP contribution < -0.4 is 14.8 Å². The summed E-state index contributed by atoms with van der Waals surface area (Å²) in [6.45, 7) is 1.68. The molecular weight excluding hydrogens is 324 g/mol. The van der Waals surface area contributed by atoms with Crippen LogP contribution in [0.5, 0.6) is 11.5 Å². The first-order valence-electron chi connectivity index (χ1n) is 8.27. The number of rotatable bonds is 8. The van der Waals surface area contributed by atoms with Gasteiger partial charge in [-0.1, -0.05) is 17.3 Å². The predicted octanol–water partition coefficient (Wildman–Crippen LogP) is 1.16. The number of hydrogen-bond donors (Lipinski definition) is 1. The van der Waals surface area contributed by atoms with Gasteiger partial charge in [0.05, 0.1) is 19.4 Å². The summed E-state index contributed by atoms with van der Waals surface area (Å²) in [6, 6.07) is 7.39. The highest BCUT2D eigenvalue weighted by atomic mass is 16.5. The van der Waals surface area contributed by atoms with Crippen molar-refractivity contribution >= 4 is 5.91 Å². The Morgan fingerprint density at radius 1 is 1.40 bits per heavy atom. The lowest BCUT2D eigenvalue weighted by Crippen LogP contribution is -2.34. The van der Waals surface area contributed by atoms with Crippen LogP contribution in [0.1, 0.15) is 18.5 Å². The highest BCUT2D eigenvalue weighted by Crippen LogP contribution is 2.26. The summed E-state index contributed by atoms with van der Waals surface area (Å²) < 4.78 is 17.9. The van der Waals surface area contributed by atoms with Crippen LogP contribution in [0.2, 0.25) is 0 Å². The van der Waals surface area contributed by atoms with Gasteiger partial charge in [0.25, 0.3) is 0 Å². The van der Waals surface area contributed by atoms with Gasteiger partial charge in [-0.3, -0.25) is 4.79 Å². The fraction of sp³-hybridized carbons (Fsp3) is 0.471. The fourth-order valence-corrected chi connectivity index (χ4v) is 2.61. The Hall–Kier alpha value is -2.61. The maximum absolute atomic E-state index is 11.9. The Morgan fingerprint density at radius 2 is 2.24 bits per heavy atom. The molecule has 1 aliphatic rings. The molecule has 1 aromatic heterocycles. The third-order valence-electron chi connectivity index (χ3n) is 3.89. The van der Waals surface area contributed by atoms with E-state index in [1.807, 2.05) is 24.3 Å². The molecule has 0 aliphatic carbocycles. The number of ether oxygens (including phenoxy) is 3. The van der Waals surface area contributed by atoms with Crippen molar-refractivity contribution in [3.05, 3.63) is 36.2 Å². The summed E-state index contributed by atoms with van der Waals surface area (Å²) in [5.41, 5.74) is 0.637. The number of amides is 1. The van der Waals surface area contributed by atoms with E-state index in [-0.39, 0.29) is 25.2 Å². The molecule has 8 heteroatoms. The predicted molar refractivity (Wildman–Crippen MR) is 89.3 cm³/mol. The van der Waals surface area contributed by atoms with Gasteiger partial charge in [-0.15, -0.1) is 5.10 Å². The van der Waals surface area contributed by atoms with E-state index in [0.29, 0.717) is 23.7 Å². The second-order valence-corrected chi connectivity index (χ2v) is 5.79. The standard InChI is InChI=1S/C17H22N4O4/c1-23-15-6-2-3-7-16(15)25-12-13-10-21(20-19-13)11-17(22)18-9-14-5-4-8-24-14/h2-3,6-7,10,14H,4-5,8-9,11-12H2,1H3,(H,18,22)/t14-/m1/s1. The minimum Gasteiger partial charge on any atom is -0.493 e. The van der Waals surface area contributed by atoms with Crippen LogP contribution >= 0.6 is 0 Å². The van der Waals surface area contributed by atoms with Crippen LogP contribution in [0.15, 0.2) is 30.5 Å². The fourth-order valence-electron chi connectivity index (χ4n) is 2.61. The molecule has 8 nitrogen and oxygen atoms in total. The van der Waals surface area contributed by atoms with Crippen molar-refractivity contribution in [3.63, 3.8) is 0 Å².